The van der Waals surface area contributed by atoms with Crippen molar-refractivity contribution in [2.75, 3.05) is 6.54 Å². The lowest BCUT2D eigenvalue weighted by molar-refractivity contribution is 0.588. The van der Waals surface area contributed by atoms with E-state index in [-0.39, 0.29) is 10.8 Å². The monoisotopic (exact) mass is 298 g/mol. The van der Waals surface area contributed by atoms with Crippen LogP contribution in [0.1, 0.15) is 5.01 Å². The third-order valence-corrected chi connectivity index (χ3v) is 5.86. The van der Waals surface area contributed by atoms with Crippen LogP contribution in [0, 0.1) is 19.3 Å². The Morgan fingerprint density at radius 3 is 2.89 bits per heavy atom. The van der Waals surface area contributed by atoms with E-state index in [4.69, 9.17) is 6.42 Å². The maximum atomic E-state index is 11.8. The zero-order chi connectivity index (χ0) is 13.2. The Kier molecular flexibility index (Phi) is 3.82. The first-order valence-electron chi connectivity index (χ1n) is 4.98. The number of terminal acetylenes is 1. The Labute approximate surface area is 114 Å². The Hall–Kier alpha value is -1.20. The lowest BCUT2D eigenvalue weighted by atomic mass is 10.4. The quantitative estimate of drug-likeness (QED) is 0.879. The van der Waals surface area contributed by atoms with Gasteiger partial charge in [0.05, 0.1) is 22.1 Å². The second-order valence-corrected chi connectivity index (χ2v) is 7.54. The minimum absolute atomic E-state index is 0.00856. The second kappa shape index (κ2) is 5.20. The van der Waals surface area contributed by atoms with E-state index in [1.807, 2.05) is 12.3 Å². The largest absolute Gasteiger partial charge is 0.250 e. The van der Waals surface area contributed by atoms with Crippen molar-refractivity contribution in [1.82, 2.24) is 9.71 Å². The highest BCUT2D eigenvalue weighted by Gasteiger charge is 2.17. The summed E-state index contributed by atoms with van der Waals surface area (Å²) in [6, 6.07) is 3.32. The van der Waals surface area contributed by atoms with Gasteiger partial charge in [-0.2, -0.15) is 4.72 Å². The molecule has 0 atom stereocenters. The molecule has 1 N–H and O–H groups in total. The summed E-state index contributed by atoms with van der Waals surface area (Å²) in [6.45, 7) is 1.90. The van der Waals surface area contributed by atoms with Crippen LogP contribution in [0.25, 0.3) is 10.6 Å². The Bertz CT molecular complexity index is 692. The number of aromatic nitrogens is 1. The van der Waals surface area contributed by atoms with Gasteiger partial charge in [-0.25, -0.2) is 13.4 Å². The number of aryl methyl sites for hydroxylation is 1. The first-order valence-corrected chi connectivity index (χ1v) is 8.16. The molecule has 0 radical (unpaired) electrons. The maximum absolute atomic E-state index is 11.8. The van der Waals surface area contributed by atoms with E-state index in [0.717, 1.165) is 15.6 Å². The summed E-state index contributed by atoms with van der Waals surface area (Å²) in [7, 11) is -3.50. The minimum Gasteiger partial charge on any atom is -0.241 e. The van der Waals surface area contributed by atoms with Crippen LogP contribution in [0.5, 0.6) is 0 Å². The standard InChI is InChI=1S/C11H10N2O2S3/c1-3-6-12-18(14,15)11-5-4-10(17-11)9-7-16-8(2)13-9/h1,4-5,7,12H,6H2,2H3. The molecule has 4 nitrogen and oxygen atoms in total. The van der Waals surface area contributed by atoms with Crippen molar-refractivity contribution in [2.24, 2.45) is 0 Å². The third-order valence-electron chi connectivity index (χ3n) is 2.08. The predicted octanol–water partition coefficient (Wildman–Crippen LogP) is 2.09. The number of thiophene rings is 1. The van der Waals surface area contributed by atoms with Gasteiger partial charge in [0, 0.05) is 5.38 Å². The Morgan fingerprint density at radius 2 is 2.28 bits per heavy atom. The normalized spacial score (nSPS) is 11.3. The third kappa shape index (κ3) is 2.79. The van der Waals surface area contributed by atoms with E-state index in [1.165, 1.54) is 22.7 Å². The topological polar surface area (TPSA) is 59.1 Å². The number of thiazole rings is 1. The number of hydrogen-bond acceptors (Lipinski definition) is 5. The molecule has 94 valence electrons. The van der Waals surface area contributed by atoms with Gasteiger partial charge in [0.15, 0.2) is 0 Å². The van der Waals surface area contributed by atoms with Crippen molar-refractivity contribution in [3.8, 4) is 22.9 Å². The Morgan fingerprint density at radius 1 is 1.50 bits per heavy atom. The van der Waals surface area contributed by atoms with Crippen LogP contribution in [0.15, 0.2) is 21.7 Å². The van der Waals surface area contributed by atoms with Gasteiger partial charge in [-0.3, -0.25) is 0 Å². The molecule has 0 amide bonds. The molecule has 0 aliphatic heterocycles. The summed E-state index contributed by atoms with van der Waals surface area (Å²) in [6.07, 6.45) is 5.03. The van der Waals surface area contributed by atoms with Crippen molar-refractivity contribution >= 4 is 32.7 Å². The van der Waals surface area contributed by atoms with Crippen LogP contribution in [-0.2, 0) is 10.0 Å². The highest BCUT2D eigenvalue weighted by atomic mass is 32.2. The number of nitrogens with zero attached hydrogens (tertiary/aromatic N) is 1. The maximum Gasteiger partial charge on any atom is 0.250 e. The van der Waals surface area contributed by atoms with Crippen molar-refractivity contribution in [3.05, 3.63) is 22.5 Å². The van der Waals surface area contributed by atoms with E-state index in [0.29, 0.717) is 0 Å². The summed E-state index contributed by atoms with van der Waals surface area (Å²) >= 11 is 2.72. The average molecular weight is 298 g/mol. The fraction of sp³-hybridized carbons (Fsp3) is 0.182. The zero-order valence-corrected chi connectivity index (χ0v) is 12.0. The van der Waals surface area contributed by atoms with Gasteiger partial charge in [-0.05, 0) is 19.1 Å². The van der Waals surface area contributed by atoms with Gasteiger partial charge in [0.2, 0.25) is 0 Å². The van der Waals surface area contributed by atoms with Gasteiger partial charge in [0.1, 0.15) is 4.21 Å². The SMILES string of the molecule is C#CCNS(=O)(=O)c1ccc(-c2csc(C)n2)s1. The number of hydrogen-bond donors (Lipinski definition) is 1. The molecule has 2 rings (SSSR count). The van der Waals surface area contributed by atoms with Crippen molar-refractivity contribution < 1.29 is 8.42 Å². The van der Waals surface area contributed by atoms with Crippen LogP contribution in [0.4, 0.5) is 0 Å². The van der Waals surface area contributed by atoms with E-state index in [2.05, 4.69) is 15.6 Å². The molecule has 7 heteroatoms. The molecule has 0 saturated heterocycles. The summed E-state index contributed by atoms with van der Waals surface area (Å²) in [5.41, 5.74) is 0.806. The molecule has 2 aromatic rings. The molecular weight excluding hydrogens is 288 g/mol. The first kappa shape index (κ1) is 13.2. The fourth-order valence-electron chi connectivity index (χ4n) is 1.29. The van der Waals surface area contributed by atoms with E-state index < -0.39 is 10.0 Å². The summed E-state index contributed by atoms with van der Waals surface area (Å²) in [5, 5.41) is 2.86. The summed E-state index contributed by atoms with van der Waals surface area (Å²) < 4.78 is 26.2. The lowest BCUT2D eigenvalue weighted by Crippen LogP contribution is -2.22. The molecule has 2 aromatic heterocycles. The lowest BCUT2D eigenvalue weighted by Gasteiger charge is -1.99. The smallest absolute Gasteiger partial charge is 0.241 e. The number of nitrogens with one attached hydrogen (secondary N) is 1. The zero-order valence-electron chi connectivity index (χ0n) is 9.50. The summed E-state index contributed by atoms with van der Waals surface area (Å²) in [4.78, 5) is 5.15. The summed E-state index contributed by atoms with van der Waals surface area (Å²) in [5.74, 6) is 2.24. The van der Waals surface area contributed by atoms with Gasteiger partial charge < -0.3 is 0 Å². The van der Waals surface area contributed by atoms with E-state index >= 15 is 0 Å². The molecule has 18 heavy (non-hydrogen) atoms. The predicted molar refractivity (Wildman–Crippen MR) is 74.2 cm³/mol. The van der Waals surface area contributed by atoms with Crippen LogP contribution >= 0.6 is 22.7 Å². The van der Waals surface area contributed by atoms with Crippen LogP contribution < -0.4 is 4.72 Å². The molecule has 0 fully saturated rings. The molecular formula is C11H10N2O2S3. The highest BCUT2D eigenvalue weighted by Crippen LogP contribution is 2.31. The van der Waals surface area contributed by atoms with Gasteiger partial charge in [0.25, 0.3) is 10.0 Å². The molecule has 0 saturated carbocycles. The van der Waals surface area contributed by atoms with Crippen molar-refractivity contribution in [3.63, 3.8) is 0 Å². The van der Waals surface area contributed by atoms with Crippen molar-refractivity contribution in [1.29, 1.82) is 0 Å². The molecule has 0 bridgehead atoms. The minimum atomic E-state index is -3.50. The van der Waals surface area contributed by atoms with Crippen molar-refractivity contribution in [2.45, 2.75) is 11.1 Å². The molecule has 0 aromatic carbocycles. The first-order chi connectivity index (χ1) is 8.53. The van der Waals surface area contributed by atoms with Crippen LogP contribution in [0.3, 0.4) is 0 Å². The van der Waals surface area contributed by atoms with E-state index in [1.54, 1.807) is 12.1 Å². The molecule has 0 aliphatic rings. The van der Waals surface area contributed by atoms with Gasteiger partial charge >= 0.3 is 0 Å². The molecule has 0 unspecified atom stereocenters. The molecule has 0 aliphatic carbocycles. The van der Waals surface area contributed by atoms with Gasteiger partial charge in [-0.15, -0.1) is 29.1 Å². The highest BCUT2D eigenvalue weighted by molar-refractivity contribution is 7.91. The number of rotatable bonds is 4. The molecule has 2 heterocycles. The number of sulfonamides is 1. The van der Waals surface area contributed by atoms with Crippen LogP contribution in [-0.4, -0.2) is 19.9 Å². The Balaban J connectivity index is 2.29. The van der Waals surface area contributed by atoms with Gasteiger partial charge in [-0.1, -0.05) is 5.92 Å². The van der Waals surface area contributed by atoms with E-state index in [9.17, 15) is 8.42 Å². The second-order valence-electron chi connectivity index (χ2n) is 3.40. The fourth-order valence-corrected chi connectivity index (χ4v) is 4.22. The molecule has 0 spiro atoms. The average Bonchev–Trinajstić information content (AvgIpc) is 2.94. The van der Waals surface area contributed by atoms with Crippen LogP contribution in [0.2, 0.25) is 0 Å².